The monoisotopic (exact) mass is 260 g/mol. The van der Waals surface area contributed by atoms with E-state index in [1.54, 1.807) is 0 Å². The fourth-order valence-corrected chi connectivity index (χ4v) is 3.70. The lowest BCUT2D eigenvalue weighted by atomic mass is 9.95. The van der Waals surface area contributed by atoms with Crippen molar-refractivity contribution in [1.29, 1.82) is 0 Å². The molecule has 0 radical (unpaired) electrons. The molecule has 1 aromatic carbocycles. The third kappa shape index (κ3) is 2.24. The van der Waals surface area contributed by atoms with Crippen molar-refractivity contribution >= 4 is 23.0 Å². The van der Waals surface area contributed by atoms with Gasteiger partial charge in [-0.2, -0.15) is 0 Å². The second kappa shape index (κ2) is 4.88. The molecule has 0 amide bonds. The maximum absolute atomic E-state index is 5.53. The molecule has 0 aromatic heterocycles. The Labute approximate surface area is 114 Å². The van der Waals surface area contributed by atoms with E-state index in [0.29, 0.717) is 6.04 Å². The standard InChI is InChI=1S/C15H20N2S/c1-17(13-5-3-2-4-6-13)15(18)16-14-10-11-7-8-12(14)9-11/h2-6,11-12,14H,7-10H2,1H3,(H,16,18)/t11-,12+,14-/m0/s1. The molecule has 2 aliphatic rings. The molecule has 0 unspecified atom stereocenters. The molecule has 3 rings (SSSR count). The van der Waals surface area contributed by atoms with E-state index in [0.717, 1.165) is 22.6 Å². The second-order valence-corrected chi connectivity index (χ2v) is 6.01. The Morgan fingerprint density at radius 3 is 2.61 bits per heavy atom. The van der Waals surface area contributed by atoms with Gasteiger partial charge in [-0.3, -0.25) is 0 Å². The van der Waals surface area contributed by atoms with Crippen LogP contribution in [0.4, 0.5) is 5.69 Å². The summed E-state index contributed by atoms with van der Waals surface area (Å²) in [6.07, 6.45) is 5.55. The second-order valence-electron chi connectivity index (χ2n) is 5.63. The fourth-order valence-electron chi connectivity index (χ4n) is 3.45. The van der Waals surface area contributed by atoms with Crippen LogP contribution in [0.25, 0.3) is 0 Å². The molecule has 2 aliphatic carbocycles. The average Bonchev–Trinajstić information content (AvgIpc) is 3.01. The van der Waals surface area contributed by atoms with E-state index >= 15 is 0 Å². The molecular formula is C15H20N2S. The third-order valence-corrected chi connectivity index (χ3v) is 4.89. The molecule has 18 heavy (non-hydrogen) atoms. The zero-order chi connectivity index (χ0) is 12.5. The van der Waals surface area contributed by atoms with Gasteiger partial charge in [-0.25, -0.2) is 0 Å². The number of anilines is 1. The van der Waals surface area contributed by atoms with Crippen molar-refractivity contribution in [1.82, 2.24) is 5.32 Å². The van der Waals surface area contributed by atoms with Gasteiger partial charge in [-0.1, -0.05) is 24.6 Å². The van der Waals surface area contributed by atoms with Crippen LogP contribution in [0.2, 0.25) is 0 Å². The SMILES string of the molecule is CN(C(=S)N[C@H]1C[C@H]2CC[C@@H]1C2)c1ccccc1. The van der Waals surface area contributed by atoms with Crippen LogP contribution in [0.1, 0.15) is 25.7 Å². The number of thiocarbonyl (C=S) groups is 1. The number of para-hydroxylation sites is 1. The van der Waals surface area contributed by atoms with Crippen LogP contribution in [0, 0.1) is 11.8 Å². The van der Waals surface area contributed by atoms with Gasteiger partial charge in [0.15, 0.2) is 5.11 Å². The van der Waals surface area contributed by atoms with Crippen LogP contribution in [0.15, 0.2) is 30.3 Å². The van der Waals surface area contributed by atoms with Gasteiger partial charge in [0.25, 0.3) is 0 Å². The minimum absolute atomic E-state index is 0.613. The highest BCUT2D eigenvalue weighted by atomic mass is 32.1. The van der Waals surface area contributed by atoms with Gasteiger partial charge < -0.3 is 10.2 Å². The largest absolute Gasteiger partial charge is 0.359 e. The highest BCUT2D eigenvalue weighted by Gasteiger charge is 2.39. The number of nitrogens with one attached hydrogen (secondary N) is 1. The Morgan fingerprint density at radius 2 is 2.00 bits per heavy atom. The molecule has 0 aliphatic heterocycles. The minimum Gasteiger partial charge on any atom is -0.359 e. The molecule has 2 nitrogen and oxygen atoms in total. The lowest BCUT2D eigenvalue weighted by Crippen LogP contribution is -2.45. The molecule has 0 saturated heterocycles. The summed E-state index contributed by atoms with van der Waals surface area (Å²) in [7, 11) is 2.04. The van der Waals surface area contributed by atoms with Gasteiger partial charge >= 0.3 is 0 Å². The van der Waals surface area contributed by atoms with Gasteiger partial charge in [0.1, 0.15) is 0 Å². The van der Waals surface area contributed by atoms with Crippen molar-refractivity contribution in [3.63, 3.8) is 0 Å². The van der Waals surface area contributed by atoms with Gasteiger partial charge in [0, 0.05) is 18.8 Å². The molecule has 3 atom stereocenters. The number of fused-ring (bicyclic) bond motifs is 2. The number of benzene rings is 1. The molecular weight excluding hydrogens is 240 g/mol. The summed E-state index contributed by atoms with van der Waals surface area (Å²) in [5, 5.41) is 4.43. The molecule has 1 aromatic rings. The summed E-state index contributed by atoms with van der Waals surface area (Å²) in [6.45, 7) is 0. The summed E-state index contributed by atoms with van der Waals surface area (Å²) in [5.41, 5.74) is 1.15. The summed E-state index contributed by atoms with van der Waals surface area (Å²) in [6, 6.07) is 10.9. The van der Waals surface area contributed by atoms with Gasteiger partial charge in [0.2, 0.25) is 0 Å². The third-order valence-electron chi connectivity index (χ3n) is 4.50. The van der Waals surface area contributed by atoms with Crippen molar-refractivity contribution in [2.24, 2.45) is 11.8 Å². The van der Waals surface area contributed by atoms with Crippen LogP contribution < -0.4 is 10.2 Å². The summed E-state index contributed by atoms with van der Waals surface area (Å²) in [4.78, 5) is 2.07. The summed E-state index contributed by atoms with van der Waals surface area (Å²) < 4.78 is 0. The smallest absolute Gasteiger partial charge is 0.173 e. The Kier molecular flexibility index (Phi) is 3.25. The lowest BCUT2D eigenvalue weighted by molar-refractivity contribution is 0.391. The number of nitrogens with zero attached hydrogens (tertiary/aromatic N) is 1. The molecule has 3 heteroatoms. The minimum atomic E-state index is 0.613. The Morgan fingerprint density at radius 1 is 1.22 bits per heavy atom. The van der Waals surface area contributed by atoms with E-state index in [1.165, 1.54) is 25.7 Å². The Bertz CT molecular complexity index is 431. The maximum Gasteiger partial charge on any atom is 0.173 e. The van der Waals surface area contributed by atoms with Crippen LogP contribution in [-0.2, 0) is 0 Å². The highest BCUT2D eigenvalue weighted by Crippen LogP contribution is 2.44. The van der Waals surface area contributed by atoms with Gasteiger partial charge in [-0.05, 0) is 55.4 Å². The molecule has 2 fully saturated rings. The van der Waals surface area contributed by atoms with E-state index in [2.05, 4.69) is 22.3 Å². The molecule has 2 bridgehead atoms. The van der Waals surface area contributed by atoms with E-state index < -0.39 is 0 Å². The average molecular weight is 260 g/mol. The zero-order valence-corrected chi connectivity index (χ0v) is 11.6. The van der Waals surface area contributed by atoms with Crippen molar-refractivity contribution in [3.05, 3.63) is 30.3 Å². The quantitative estimate of drug-likeness (QED) is 0.822. The highest BCUT2D eigenvalue weighted by molar-refractivity contribution is 7.80. The van der Waals surface area contributed by atoms with Crippen molar-refractivity contribution in [2.75, 3.05) is 11.9 Å². The Hall–Kier alpha value is -1.09. The van der Waals surface area contributed by atoms with Crippen molar-refractivity contribution in [2.45, 2.75) is 31.7 Å². The number of rotatable bonds is 2. The van der Waals surface area contributed by atoms with Crippen LogP contribution in [-0.4, -0.2) is 18.2 Å². The Balaban J connectivity index is 1.62. The van der Waals surface area contributed by atoms with Crippen molar-refractivity contribution < 1.29 is 0 Å². The molecule has 1 N–H and O–H groups in total. The first kappa shape index (κ1) is 12.0. The van der Waals surface area contributed by atoms with Gasteiger partial charge in [0.05, 0.1) is 0 Å². The van der Waals surface area contributed by atoms with E-state index in [4.69, 9.17) is 12.2 Å². The zero-order valence-electron chi connectivity index (χ0n) is 10.8. The lowest BCUT2D eigenvalue weighted by Gasteiger charge is -2.28. The van der Waals surface area contributed by atoms with E-state index in [-0.39, 0.29) is 0 Å². The van der Waals surface area contributed by atoms with Crippen LogP contribution in [0.5, 0.6) is 0 Å². The fraction of sp³-hybridized carbons (Fsp3) is 0.533. The first-order valence-corrected chi connectivity index (χ1v) is 7.24. The van der Waals surface area contributed by atoms with E-state index in [9.17, 15) is 0 Å². The predicted molar refractivity (Wildman–Crippen MR) is 79.8 cm³/mol. The first-order valence-electron chi connectivity index (χ1n) is 6.83. The summed E-state index contributed by atoms with van der Waals surface area (Å²) in [5.74, 6) is 1.81. The maximum atomic E-state index is 5.53. The molecule has 96 valence electrons. The number of hydrogen-bond acceptors (Lipinski definition) is 1. The molecule has 2 saturated carbocycles. The molecule has 0 heterocycles. The predicted octanol–water partition coefficient (Wildman–Crippen LogP) is 3.19. The van der Waals surface area contributed by atoms with E-state index in [1.807, 2.05) is 25.2 Å². The number of hydrogen-bond donors (Lipinski definition) is 1. The van der Waals surface area contributed by atoms with Crippen LogP contribution in [0.3, 0.4) is 0 Å². The van der Waals surface area contributed by atoms with Crippen LogP contribution >= 0.6 is 12.2 Å². The molecule has 0 spiro atoms. The first-order chi connectivity index (χ1) is 8.74. The topological polar surface area (TPSA) is 15.3 Å². The van der Waals surface area contributed by atoms with Crippen molar-refractivity contribution in [3.8, 4) is 0 Å². The van der Waals surface area contributed by atoms with Gasteiger partial charge in [-0.15, -0.1) is 0 Å². The normalized spacial score (nSPS) is 29.3. The summed E-state index contributed by atoms with van der Waals surface area (Å²) >= 11 is 5.53.